The van der Waals surface area contributed by atoms with Gasteiger partial charge in [-0.1, -0.05) is 6.92 Å². The fraction of sp³-hybridized carbons (Fsp3) is 0.500. The first-order chi connectivity index (χ1) is 8.52. The van der Waals surface area contributed by atoms with Crippen molar-refractivity contribution in [3.05, 3.63) is 24.3 Å². The van der Waals surface area contributed by atoms with Crippen molar-refractivity contribution in [3.63, 3.8) is 0 Å². The summed E-state index contributed by atoms with van der Waals surface area (Å²) in [7, 11) is 1.65. The fourth-order valence-corrected chi connectivity index (χ4v) is 2.55. The van der Waals surface area contributed by atoms with E-state index in [0.717, 1.165) is 30.9 Å². The summed E-state index contributed by atoms with van der Waals surface area (Å²) in [6, 6.07) is 7.90. The molecule has 1 atom stereocenters. The lowest BCUT2D eigenvalue weighted by Crippen LogP contribution is -2.26. The maximum atomic E-state index is 10.9. The Bertz CT molecular complexity index is 429. The number of methoxy groups -OCH3 is 1. The van der Waals surface area contributed by atoms with Crippen LogP contribution in [0.15, 0.2) is 24.3 Å². The molecule has 1 saturated heterocycles. The van der Waals surface area contributed by atoms with Crippen LogP contribution in [0.3, 0.4) is 0 Å². The van der Waals surface area contributed by atoms with Crippen LogP contribution in [0, 0.1) is 5.41 Å². The van der Waals surface area contributed by atoms with Crippen LogP contribution in [0.2, 0.25) is 0 Å². The van der Waals surface area contributed by atoms with Crippen molar-refractivity contribution in [2.24, 2.45) is 5.41 Å². The van der Waals surface area contributed by atoms with Gasteiger partial charge >= 0.3 is 5.97 Å². The number of anilines is 1. The number of hydrogen-bond donors (Lipinski definition) is 1. The van der Waals surface area contributed by atoms with Crippen LogP contribution in [-0.4, -0.2) is 31.3 Å². The van der Waals surface area contributed by atoms with E-state index in [2.05, 4.69) is 4.90 Å². The molecular weight excluding hydrogens is 230 g/mol. The van der Waals surface area contributed by atoms with Gasteiger partial charge in [0.1, 0.15) is 5.75 Å². The molecule has 4 heteroatoms. The molecule has 1 aliphatic heterocycles. The molecule has 1 aromatic carbocycles. The normalized spacial score (nSPS) is 23.1. The van der Waals surface area contributed by atoms with Gasteiger partial charge < -0.3 is 14.7 Å². The zero-order valence-electron chi connectivity index (χ0n) is 10.8. The van der Waals surface area contributed by atoms with Crippen LogP contribution >= 0.6 is 0 Å². The third kappa shape index (κ3) is 2.75. The number of carboxylic acids is 1. The van der Waals surface area contributed by atoms with Crippen molar-refractivity contribution in [3.8, 4) is 5.75 Å². The molecule has 18 heavy (non-hydrogen) atoms. The Balaban J connectivity index is 2.05. The van der Waals surface area contributed by atoms with Gasteiger partial charge in [-0.25, -0.2) is 0 Å². The Kier molecular flexibility index (Phi) is 3.45. The largest absolute Gasteiger partial charge is 0.497 e. The van der Waals surface area contributed by atoms with Gasteiger partial charge in [0.25, 0.3) is 0 Å². The van der Waals surface area contributed by atoms with E-state index < -0.39 is 5.97 Å². The monoisotopic (exact) mass is 249 g/mol. The number of benzene rings is 1. The second kappa shape index (κ2) is 4.88. The first kappa shape index (κ1) is 12.7. The highest BCUT2D eigenvalue weighted by atomic mass is 16.5. The molecule has 0 saturated carbocycles. The molecule has 1 heterocycles. The molecule has 1 aliphatic rings. The molecule has 1 aromatic rings. The van der Waals surface area contributed by atoms with Gasteiger partial charge in [0.05, 0.1) is 13.5 Å². The highest BCUT2D eigenvalue weighted by Gasteiger charge is 2.35. The van der Waals surface area contributed by atoms with Gasteiger partial charge in [0, 0.05) is 18.8 Å². The van der Waals surface area contributed by atoms with Crippen molar-refractivity contribution in [2.75, 3.05) is 25.1 Å². The summed E-state index contributed by atoms with van der Waals surface area (Å²) in [6.45, 7) is 3.76. The minimum absolute atomic E-state index is 0.119. The van der Waals surface area contributed by atoms with Crippen LogP contribution in [-0.2, 0) is 4.79 Å². The maximum absolute atomic E-state index is 10.9. The molecular formula is C14H19NO3. The number of hydrogen-bond acceptors (Lipinski definition) is 3. The van der Waals surface area contributed by atoms with Gasteiger partial charge in [-0.2, -0.15) is 0 Å². The second-order valence-corrected chi connectivity index (χ2v) is 5.25. The Morgan fingerprint density at radius 1 is 1.44 bits per heavy atom. The molecule has 0 radical (unpaired) electrons. The average molecular weight is 249 g/mol. The predicted octanol–water partition coefficient (Wildman–Crippen LogP) is 2.39. The van der Waals surface area contributed by atoms with Crippen molar-refractivity contribution < 1.29 is 14.6 Å². The quantitative estimate of drug-likeness (QED) is 0.890. The van der Waals surface area contributed by atoms with Crippen molar-refractivity contribution in [1.82, 2.24) is 0 Å². The summed E-state index contributed by atoms with van der Waals surface area (Å²) >= 11 is 0. The number of nitrogens with zero attached hydrogens (tertiary/aromatic N) is 1. The highest BCUT2D eigenvalue weighted by molar-refractivity contribution is 5.68. The zero-order chi connectivity index (χ0) is 13.2. The number of carbonyl (C=O) groups is 1. The van der Waals surface area contributed by atoms with E-state index in [0.29, 0.717) is 0 Å². The Hall–Kier alpha value is -1.71. The third-order valence-electron chi connectivity index (χ3n) is 3.57. The third-order valence-corrected chi connectivity index (χ3v) is 3.57. The lowest BCUT2D eigenvalue weighted by molar-refractivity contribution is -0.139. The first-order valence-electron chi connectivity index (χ1n) is 6.13. The standard InChI is InChI=1S/C14H19NO3/c1-14(9-13(16)17)7-8-15(10-14)11-3-5-12(18-2)6-4-11/h3-6H,7-10H2,1-2H3,(H,16,17). The van der Waals surface area contributed by atoms with E-state index in [9.17, 15) is 4.79 Å². The molecule has 0 aromatic heterocycles. The highest BCUT2D eigenvalue weighted by Crippen LogP contribution is 2.36. The zero-order valence-corrected chi connectivity index (χ0v) is 10.8. The van der Waals surface area contributed by atoms with Gasteiger partial charge in [-0.15, -0.1) is 0 Å². The van der Waals surface area contributed by atoms with Crippen molar-refractivity contribution in [1.29, 1.82) is 0 Å². The smallest absolute Gasteiger partial charge is 0.303 e. The number of carboxylic acid groups (broad SMARTS) is 1. The fourth-order valence-electron chi connectivity index (χ4n) is 2.55. The van der Waals surface area contributed by atoms with Gasteiger partial charge in [-0.05, 0) is 36.1 Å². The van der Waals surface area contributed by atoms with Crippen molar-refractivity contribution in [2.45, 2.75) is 19.8 Å². The topological polar surface area (TPSA) is 49.8 Å². The second-order valence-electron chi connectivity index (χ2n) is 5.25. The number of rotatable bonds is 4. The molecule has 4 nitrogen and oxygen atoms in total. The molecule has 1 unspecified atom stereocenters. The Labute approximate surface area is 107 Å². The van der Waals surface area contributed by atoms with E-state index in [1.54, 1.807) is 7.11 Å². The predicted molar refractivity (Wildman–Crippen MR) is 70.2 cm³/mol. The SMILES string of the molecule is COc1ccc(N2CCC(C)(CC(=O)O)C2)cc1. The van der Waals surface area contributed by atoms with Crippen molar-refractivity contribution >= 4 is 11.7 Å². The van der Waals surface area contributed by atoms with Crippen LogP contribution in [0.25, 0.3) is 0 Å². The number of ether oxygens (including phenoxy) is 1. The Morgan fingerprint density at radius 2 is 2.11 bits per heavy atom. The lowest BCUT2D eigenvalue weighted by Gasteiger charge is -2.24. The molecule has 1 N–H and O–H groups in total. The minimum atomic E-state index is -0.714. The summed E-state index contributed by atoms with van der Waals surface area (Å²) in [5, 5.41) is 8.93. The average Bonchev–Trinajstić information content (AvgIpc) is 2.70. The number of aliphatic carboxylic acids is 1. The van der Waals surface area contributed by atoms with Crippen LogP contribution in [0.1, 0.15) is 19.8 Å². The van der Waals surface area contributed by atoms with E-state index in [1.807, 2.05) is 31.2 Å². The van der Waals surface area contributed by atoms with Crippen LogP contribution < -0.4 is 9.64 Å². The summed E-state index contributed by atoms with van der Waals surface area (Å²) < 4.78 is 5.13. The van der Waals surface area contributed by atoms with E-state index in [1.165, 1.54) is 0 Å². The minimum Gasteiger partial charge on any atom is -0.497 e. The van der Waals surface area contributed by atoms with Crippen LogP contribution in [0.5, 0.6) is 5.75 Å². The van der Waals surface area contributed by atoms with Gasteiger partial charge in [-0.3, -0.25) is 4.79 Å². The molecule has 0 spiro atoms. The summed E-state index contributed by atoms with van der Waals surface area (Å²) in [5.74, 6) is 0.125. The molecule has 98 valence electrons. The molecule has 0 aliphatic carbocycles. The molecule has 1 fully saturated rings. The van der Waals surface area contributed by atoms with Gasteiger partial charge in [0.2, 0.25) is 0 Å². The lowest BCUT2D eigenvalue weighted by atomic mass is 9.86. The first-order valence-corrected chi connectivity index (χ1v) is 6.13. The summed E-state index contributed by atoms with van der Waals surface area (Å²) in [4.78, 5) is 13.1. The maximum Gasteiger partial charge on any atom is 0.303 e. The van der Waals surface area contributed by atoms with E-state index >= 15 is 0 Å². The molecule has 0 bridgehead atoms. The Morgan fingerprint density at radius 3 is 2.67 bits per heavy atom. The van der Waals surface area contributed by atoms with Gasteiger partial charge in [0.15, 0.2) is 0 Å². The molecule has 0 amide bonds. The molecule has 2 rings (SSSR count). The van der Waals surface area contributed by atoms with Crippen LogP contribution in [0.4, 0.5) is 5.69 Å². The summed E-state index contributed by atoms with van der Waals surface area (Å²) in [6.07, 6.45) is 1.16. The van der Waals surface area contributed by atoms with E-state index in [4.69, 9.17) is 9.84 Å². The summed E-state index contributed by atoms with van der Waals surface area (Å²) in [5.41, 5.74) is 1.01. The van der Waals surface area contributed by atoms with E-state index in [-0.39, 0.29) is 11.8 Å².